The van der Waals surface area contributed by atoms with Gasteiger partial charge in [-0.05, 0) is 46.3 Å². The van der Waals surface area contributed by atoms with E-state index in [2.05, 4.69) is 26.5 Å². The van der Waals surface area contributed by atoms with E-state index in [4.69, 9.17) is 16.0 Å². The van der Waals surface area contributed by atoms with Crippen molar-refractivity contribution in [3.63, 3.8) is 0 Å². The van der Waals surface area contributed by atoms with Gasteiger partial charge in [0, 0.05) is 22.2 Å². The van der Waals surface area contributed by atoms with Crippen LogP contribution in [-0.2, 0) is 0 Å². The van der Waals surface area contributed by atoms with Gasteiger partial charge in [-0.25, -0.2) is 5.43 Å². The summed E-state index contributed by atoms with van der Waals surface area (Å²) >= 11 is 9.38. The Balaban J connectivity index is 1.71. The molecule has 2 aromatic carbocycles. The number of hydrazone groups is 1. The summed E-state index contributed by atoms with van der Waals surface area (Å²) in [6.07, 6.45) is 1.34. The zero-order valence-electron chi connectivity index (χ0n) is 13.6. The lowest BCUT2D eigenvalue weighted by Gasteiger charge is -2.01. The third-order valence-corrected chi connectivity index (χ3v) is 4.54. The summed E-state index contributed by atoms with van der Waals surface area (Å²) in [5.74, 6) is 0.434. The maximum Gasteiger partial charge on any atom is 0.272 e. The van der Waals surface area contributed by atoms with Gasteiger partial charge < -0.3 is 4.42 Å². The van der Waals surface area contributed by atoms with E-state index in [9.17, 15) is 14.9 Å². The second-order valence-corrected chi connectivity index (χ2v) is 6.56. The second kappa shape index (κ2) is 8.15. The van der Waals surface area contributed by atoms with Crippen molar-refractivity contribution < 1.29 is 14.1 Å². The molecule has 1 N–H and O–H groups in total. The number of benzene rings is 2. The molecule has 0 spiro atoms. The predicted octanol–water partition coefficient (Wildman–Crippen LogP) is 5.03. The van der Waals surface area contributed by atoms with E-state index < -0.39 is 4.92 Å². The Bertz CT molecular complexity index is 1050. The standard InChI is InChI=1S/C18H11BrClN3O4/c19-15-4-2-1-3-13(15)18(24)22-21-10-12-6-8-17(27-12)14-7-5-11(23(25)26)9-16(14)20/h1-10H,(H,22,24). The van der Waals surface area contributed by atoms with E-state index in [0.29, 0.717) is 27.1 Å². The van der Waals surface area contributed by atoms with Crippen molar-refractivity contribution in [2.75, 3.05) is 0 Å². The lowest BCUT2D eigenvalue weighted by Crippen LogP contribution is -2.17. The Labute approximate surface area is 166 Å². The summed E-state index contributed by atoms with van der Waals surface area (Å²) in [5.41, 5.74) is 3.27. The third-order valence-electron chi connectivity index (χ3n) is 3.53. The summed E-state index contributed by atoms with van der Waals surface area (Å²) in [6, 6.07) is 14.4. The van der Waals surface area contributed by atoms with Gasteiger partial charge in [0.25, 0.3) is 11.6 Å². The fourth-order valence-corrected chi connectivity index (χ4v) is 2.98. The van der Waals surface area contributed by atoms with Crippen molar-refractivity contribution in [2.24, 2.45) is 5.10 Å². The van der Waals surface area contributed by atoms with E-state index in [1.165, 1.54) is 24.4 Å². The number of carbonyl (C=O) groups is 1. The number of hydrogen-bond donors (Lipinski definition) is 1. The number of nitrogens with zero attached hydrogens (tertiary/aromatic N) is 2. The maximum absolute atomic E-state index is 12.1. The lowest BCUT2D eigenvalue weighted by atomic mass is 10.1. The SMILES string of the molecule is O=C(NN=Cc1ccc(-c2ccc([N+](=O)[O-])cc2Cl)o1)c1ccccc1Br. The van der Waals surface area contributed by atoms with Crippen LogP contribution in [0.25, 0.3) is 11.3 Å². The van der Waals surface area contributed by atoms with Crippen LogP contribution in [0, 0.1) is 10.1 Å². The van der Waals surface area contributed by atoms with Crippen LogP contribution in [0.4, 0.5) is 5.69 Å². The Kier molecular flexibility index (Phi) is 5.68. The predicted molar refractivity (Wildman–Crippen MR) is 105 cm³/mol. The van der Waals surface area contributed by atoms with E-state index in [1.807, 2.05) is 0 Å². The van der Waals surface area contributed by atoms with Gasteiger partial charge in [-0.15, -0.1) is 0 Å². The minimum Gasteiger partial charge on any atom is -0.455 e. The van der Waals surface area contributed by atoms with Crippen molar-refractivity contribution in [1.82, 2.24) is 5.43 Å². The van der Waals surface area contributed by atoms with Gasteiger partial charge in [0.1, 0.15) is 11.5 Å². The van der Waals surface area contributed by atoms with Gasteiger partial charge in [-0.2, -0.15) is 5.10 Å². The molecule has 0 fully saturated rings. The molecule has 0 radical (unpaired) electrons. The average molecular weight is 449 g/mol. The first kappa shape index (κ1) is 18.8. The van der Waals surface area contributed by atoms with Gasteiger partial charge in [0.2, 0.25) is 0 Å². The quantitative estimate of drug-likeness (QED) is 0.336. The van der Waals surface area contributed by atoms with Gasteiger partial charge in [-0.3, -0.25) is 14.9 Å². The highest BCUT2D eigenvalue weighted by molar-refractivity contribution is 9.10. The van der Waals surface area contributed by atoms with E-state index in [-0.39, 0.29) is 16.6 Å². The molecule has 9 heteroatoms. The molecule has 0 aliphatic rings. The highest BCUT2D eigenvalue weighted by Gasteiger charge is 2.13. The van der Waals surface area contributed by atoms with Crippen LogP contribution in [0.2, 0.25) is 5.02 Å². The number of halogens is 2. The molecule has 0 aliphatic carbocycles. The summed E-state index contributed by atoms with van der Waals surface area (Å²) in [6.45, 7) is 0. The second-order valence-electron chi connectivity index (χ2n) is 5.30. The van der Waals surface area contributed by atoms with Crippen molar-refractivity contribution >= 4 is 45.3 Å². The Hall–Kier alpha value is -2.97. The zero-order chi connectivity index (χ0) is 19.4. The van der Waals surface area contributed by atoms with Crippen LogP contribution in [0.15, 0.2) is 68.6 Å². The molecule has 3 rings (SSSR count). The molecule has 1 amide bonds. The lowest BCUT2D eigenvalue weighted by molar-refractivity contribution is -0.384. The molecule has 27 heavy (non-hydrogen) atoms. The van der Waals surface area contributed by atoms with Crippen LogP contribution in [0.1, 0.15) is 16.1 Å². The molecule has 0 saturated carbocycles. The first-order valence-corrected chi connectivity index (χ1v) is 8.75. The first-order valence-electron chi connectivity index (χ1n) is 7.58. The Morgan fingerprint density at radius 2 is 2.00 bits per heavy atom. The van der Waals surface area contributed by atoms with Crippen LogP contribution >= 0.6 is 27.5 Å². The number of rotatable bonds is 5. The van der Waals surface area contributed by atoms with Gasteiger partial charge in [-0.1, -0.05) is 23.7 Å². The molecule has 0 atom stereocenters. The molecule has 0 aliphatic heterocycles. The molecule has 136 valence electrons. The van der Waals surface area contributed by atoms with Crippen molar-refractivity contribution in [2.45, 2.75) is 0 Å². The molecule has 1 heterocycles. The monoisotopic (exact) mass is 447 g/mol. The molecular formula is C18H11BrClN3O4. The van der Waals surface area contributed by atoms with E-state index >= 15 is 0 Å². The van der Waals surface area contributed by atoms with Gasteiger partial charge >= 0.3 is 0 Å². The summed E-state index contributed by atoms with van der Waals surface area (Å²) in [7, 11) is 0. The summed E-state index contributed by atoms with van der Waals surface area (Å²) in [5, 5.41) is 14.8. The zero-order valence-corrected chi connectivity index (χ0v) is 15.9. The molecule has 1 aromatic heterocycles. The normalized spacial score (nSPS) is 10.9. The largest absolute Gasteiger partial charge is 0.455 e. The highest BCUT2D eigenvalue weighted by Crippen LogP contribution is 2.32. The Morgan fingerprint density at radius 1 is 1.22 bits per heavy atom. The number of hydrogen-bond acceptors (Lipinski definition) is 5. The minimum atomic E-state index is -0.524. The molecular weight excluding hydrogens is 438 g/mol. The topological polar surface area (TPSA) is 97.7 Å². The number of amides is 1. The third kappa shape index (κ3) is 4.42. The molecule has 0 saturated heterocycles. The molecule has 0 bridgehead atoms. The number of furan rings is 1. The number of nitrogens with one attached hydrogen (secondary N) is 1. The molecule has 7 nitrogen and oxygen atoms in total. The summed E-state index contributed by atoms with van der Waals surface area (Å²) < 4.78 is 6.26. The van der Waals surface area contributed by atoms with Crippen molar-refractivity contribution in [1.29, 1.82) is 0 Å². The fourth-order valence-electron chi connectivity index (χ4n) is 2.24. The highest BCUT2D eigenvalue weighted by atomic mass is 79.9. The van der Waals surface area contributed by atoms with Gasteiger partial charge in [0.15, 0.2) is 0 Å². The van der Waals surface area contributed by atoms with Crippen molar-refractivity contribution in [3.8, 4) is 11.3 Å². The number of non-ortho nitro benzene ring substituents is 1. The van der Waals surface area contributed by atoms with Crippen LogP contribution in [-0.4, -0.2) is 17.0 Å². The summed E-state index contributed by atoms with van der Waals surface area (Å²) in [4.78, 5) is 22.3. The molecule has 3 aromatic rings. The average Bonchev–Trinajstić information content (AvgIpc) is 3.10. The minimum absolute atomic E-state index is 0.105. The first-order chi connectivity index (χ1) is 13.0. The van der Waals surface area contributed by atoms with Gasteiger partial charge in [0.05, 0.1) is 21.7 Å². The smallest absolute Gasteiger partial charge is 0.272 e. The van der Waals surface area contributed by atoms with Crippen LogP contribution in [0.5, 0.6) is 0 Å². The van der Waals surface area contributed by atoms with Crippen LogP contribution in [0.3, 0.4) is 0 Å². The van der Waals surface area contributed by atoms with E-state index in [1.54, 1.807) is 36.4 Å². The van der Waals surface area contributed by atoms with Crippen LogP contribution < -0.4 is 5.43 Å². The van der Waals surface area contributed by atoms with E-state index in [0.717, 1.165) is 0 Å². The maximum atomic E-state index is 12.1. The fraction of sp³-hybridized carbons (Fsp3) is 0. The molecule has 0 unspecified atom stereocenters. The number of carbonyl (C=O) groups excluding carboxylic acids is 1. The van der Waals surface area contributed by atoms with Crippen molar-refractivity contribution in [3.05, 3.63) is 85.5 Å². The number of nitro benzene ring substituents is 1. The number of nitro groups is 1. The Morgan fingerprint density at radius 3 is 2.70 bits per heavy atom.